The van der Waals surface area contributed by atoms with Crippen molar-refractivity contribution in [3.8, 4) is 5.75 Å². The molecule has 0 bridgehead atoms. The Balaban J connectivity index is 1.51. The third-order valence-corrected chi connectivity index (χ3v) is 11.6. The first kappa shape index (κ1) is 57.3. The molecule has 0 saturated carbocycles. The van der Waals surface area contributed by atoms with Crippen LogP contribution in [0.15, 0.2) is 59.7 Å². The Labute approximate surface area is 417 Å². The number of guanidine groups is 1. The predicted octanol–water partition coefficient (Wildman–Crippen LogP) is -4.35. The summed E-state index contributed by atoms with van der Waals surface area (Å²) in [6.45, 7) is 1.01. The second-order valence-corrected chi connectivity index (χ2v) is 17.3. The average molecular weight is 1020 g/mol. The number of carbonyl (C=O) groups is 10. The number of nitrogens with two attached hydrogens (primary N) is 3. The van der Waals surface area contributed by atoms with Gasteiger partial charge in [-0.3, -0.25) is 52.9 Å². The molecule has 2 aromatic carbocycles. The zero-order valence-electron chi connectivity index (χ0n) is 40.1. The number of amides is 8. The second kappa shape index (κ2) is 27.3. The first-order valence-electron chi connectivity index (χ1n) is 23.2. The Morgan fingerprint density at radius 3 is 2.05 bits per heavy atom. The number of aliphatic hydroxyl groups excluding tert-OH is 1. The summed E-state index contributed by atoms with van der Waals surface area (Å²) in [6.07, 6.45) is 1.17. The number of nitrogens with zero attached hydrogens (tertiary/aromatic N) is 2. The number of aliphatic imine (C=N–C) groups is 1. The van der Waals surface area contributed by atoms with Gasteiger partial charge in [-0.25, -0.2) is 0 Å². The summed E-state index contributed by atoms with van der Waals surface area (Å²) < 4.78 is 0. The lowest BCUT2D eigenvalue weighted by molar-refractivity contribution is -0.146. The lowest BCUT2D eigenvalue weighted by Crippen LogP contribution is -2.60. The number of benzene rings is 2. The molecule has 27 heteroatoms. The minimum Gasteiger partial charge on any atom is -0.508 e. The summed E-state index contributed by atoms with van der Waals surface area (Å²) in [4.78, 5) is 139. The Morgan fingerprint density at radius 2 is 1.40 bits per heavy atom. The second-order valence-electron chi connectivity index (χ2n) is 17.3. The number of phenols is 1. The number of aromatic amines is 1. The number of carboxylic acid groups (broad SMARTS) is 2. The maximum Gasteiger partial charge on any atom is 0.325 e. The Morgan fingerprint density at radius 1 is 0.767 bits per heavy atom. The van der Waals surface area contributed by atoms with Crippen LogP contribution >= 0.6 is 0 Å². The van der Waals surface area contributed by atoms with E-state index in [0.717, 1.165) is 22.7 Å². The van der Waals surface area contributed by atoms with E-state index < -0.39 is 127 Å². The van der Waals surface area contributed by atoms with E-state index in [0.29, 0.717) is 17.5 Å². The molecule has 1 aliphatic heterocycles. The van der Waals surface area contributed by atoms with Crippen molar-refractivity contribution in [1.82, 2.24) is 47.1 Å². The molecule has 1 aromatic heterocycles. The third-order valence-electron chi connectivity index (χ3n) is 11.6. The molecule has 8 amide bonds. The SMILES string of the molecule is C[C@H](NC(=O)[C@H](CO)NC(=O)[C@@H]1CCCN1C(=O)[C@H](CC(=O)O)NC(=O)[C@H](C)NC(=O)[C@H](Cc1ccc(O)cc1)NC(=O)[C@H](Cc1c[nH]c2ccccc12)NC(=O)CNC(=O)[C@@H](N)CCCN=C(N)N)C(=O)O. The van der Waals surface area contributed by atoms with Crippen molar-refractivity contribution in [3.05, 3.63) is 65.9 Å². The van der Waals surface area contributed by atoms with Crippen molar-refractivity contribution in [3.63, 3.8) is 0 Å². The molecular formula is C46H63N13O14. The number of H-pyrrole nitrogens is 1. The van der Waals surface area contributed by atoms with Gasteiger partial charge in [-0.2, -0.15) is 0 Å². The molecule has 1 saturated heterocycles. The van der Waals surface area contributed by atoms with Gasteiger partial charge < -0.3 is 84.7 Å². The number of hydrogen-bond donors (Lipinski definition) is 15. The van der Waals surface area contributed by atoms with E-state index in [1.54, 1.807) is 30.5 Å². The number of carboxylic acids is 2. The number of aromatic nitrogens is 1. The smallest absolute Gasteiger partial charge is 0.325 e. The van der Waals surface area contributed by atoms with Crippen LogP contribution in [0.1, 0.15) is 57.1 Å². The third kappa shape index (κ3) is 17.5. The molecule has 1 fully saturated rings. The summed E-state index contributed by atoms with van der Waals surface area (Å²) in [7, 11) is 0. The largest absolute Gasteiger partial charge is 0.508 e. The van der Waals surface area contributed by atoms with Gasteiger partial charge in [-0.1, -0.05) is 30.3 Å². The van der Waals surface area contributed by atoms with Crippen LogP contribution < -0.4 is 54.4 Å². The number of rotatable bonds is 27. The highest BCUT2D eigenvalue weighted by atomic mass is 16.4. The highest BCUT2D eigenvalue weighted by Crippen LogP contribution is 2.21. The molecule has 0 aliphatic carbocycles. The minimum absolute atomic E-state index is 0.0401. The van der Waals surface area contributed by atoms with Gasteiger partial charge >= 0.3 is 11.9 Å². The highest BCUT2D eigenvalue weighted by Gasteiger charge is 2.40. The van der Waals surface area contributed by atoms with E-state index >= 15 is 0 Å². The molecule has 27 nitrogen and oxygen atoms in total. The van der Waals surface area contributed by atoms with Crippen LogP contribution in [0.5, 0.6) is 5.75 Å². The maximum absolute atomic E-state index is 14.3. The zero-order chi connectivity index (χ0) is 53.9. The number of aromatic hydroxyl groups is 1. The summed E-state index contributed by atoms with van der Waals surface area (Å²) in [5.74, 6) is -10.4. The number of para-hydroxylation sites is 1. The topological polar surface area (TPSA) is 445 Å². The molecule has 18 N–H and O–H groups in total. The van der Waals surface area contributed by atoms with E-state index in [-0.39, 0.29) is 56.9 Å². The molecule has 2 heterocycles. The van der Waals surface area contributed by atoms with Crippen molar-refractivity contribution in [2.75, 3.05) is 26.2 Å². The van der Waals surface area contributed by atoms with Crippen molar-refractivity contribution < 1.29 is 68.4 Å². The average Bonchev–Trinajstić information content (AvgIpc) is 4.01. The first-order valence-corrected chi connectivity index (χ1v) is 23.2. The molecule has 4 rings (SSSR count). The Kier molecular flexibility index (Phi) is 21.4. The lowest BCUT2D eigenvalue weighted by Gasteiger charge is -2.30. The molecule has 0 unspecified atom stereocenters. The number of likely N-dealkylation sites (tertiary alicyclic amines) is 1. The van der Waals surface area contributed by atoms with Crippen LogP contribution in [0.2, 0.25) is 0 Å². The van der Waals surface area contributed by atoms with Crippen molar-refractivity contribution in [2.45, 2.75) is 107 Å². The highest BCUT2D eigenvalue weighted by molar-refractivity contribution is 5.99. The summed E-state index contributed by atoms with van der Waals surface area (Å²) in [6, 6.07) is 1.35. The van der Waals surface area contributed by atoms with Gasteiger partial charge in [0.05, 0.1) is 25.6 Å². The summed E-state index contributed by atoms with van der Waals surface area (Å²) >= 11 is 0. The lowest BCUT2D eigenvalue weighted by atomic mass is 10.0. The zero-order valence-corrected chi connectivity index (χ0v) is 40.1. The van der Waals surface area contributed by atoms with Crippen LogP contribution in [0.4, 0.5) is 0 Å². The van der Waals surface area contributed by atoms with Crippen molar-refractivity contribution in [2.24, 2.45) is 22.2 Å². The molecule has 8 atom stereocenters. The fourth-order valence-electron chi connectivity index (χ4n) is 7.67. The minimum atomic E-state index is -1.79. The monoisotopic (exact) mass is 1020 g/mol. The fraction of sp³-hybridized carbons (Fsp3) is 0.457. The normalized spacial score (nSPS) is 15.9. The quantitative estimate of drug-likeness (QED) is 0.0195. The van der Waals surface area contributed by atoms with Gasteiger partial charge in [-0.05, 0) is 68.9 Å². The number of aliphatic carboxylic acids is 2. The molecule has 73 heavy (non-hydrogen) atoms. The molecule has 3 aromatic rings. The van der Waals surface area contributed by atoms with Gasteiger partial charge in [-0.15, -0.1) is 0 Å². The molecule has 1 aliphatic rings. The number of phenolic OH excluding ortho intramolecular Hbond substituents is 1. The molecular weight excluding hydrogens is 959 g/mol. The van der Waals surface area contributed by atoms with E-state index in [1.807, 2.05) is 0 Å². The first-order chi connectivity index (χ1) is 34.6. The number of aliphatic hydroxyl groups is 1. The van der Waals surface area contributed by atoms with Gasteiger partial charge in [0.1, 0.15) is 48.0 Å². The molecule has 0 radical (unpaired) electrons. The van der Waals surface area contributed by atoms with Gasteiger partial charge in [0.15, 0.2) is 5.96 Å². The van der Waals surface area contributed by atoms with E-state index in [4.69, 9.17) is 22.3 Å². The predicted molar refractivity (Wildman–Crippen MR) is 259 cm³/mol. The van der Waals surface area contributed by atoms with Crippen LogP contribution in [0.25, 0.3) is 10.9 Å². The van der Waals surface area contributed by atoms with Crippen molar-refractivity contribution >= 4 is 76.1 Å². The van der Waals surface area contributed by atoms with E-state index in [1.165, 1.54) is 31.2 Å². The molecule has 0 spiro atoms. The molecule has 396 valence electrons. The Bertz CT molecular complexity index is 2510. The Hall–Kier alpha value is -8.33. The van der Waals surface area contributed by atoms with Gasteiger partial charge in [0.2, 0.25) is 47.3 Å². The number of carbonyl (C=O) groups excluding carboxylic acids is 8. The summed E-state index contributed by atoms with van der Waals surface area (Å²) in [5, 5.41) is 56.1. The van der Waals surface area contributed by atoms with Crippen LogP contribution in [-0.2, 0) is 60.8 Å². The van der Waals surface area contributed by atoms with E-state index in [9.17, 15) is 63.3 Å². The maximum atomic E-state index is 14.3. The standard InChI is InChI=1S/C46H63N13O14/c1-23(38(65)57-33(19-37(63)64)44(71)59-16-6-10-35(59)43(70)58-34(22-60)42(69)54-24(2)45(72)73)53-40(67)31(17-25-11-13-27(61)14-12-25)56-41(68)32(18-26-20-51-30-9-4-3-7-28(26)30)55-36(62)21-52-39(66)29(47)8-5-15-50-46(48)49/h3-4,7,9,11-14,20,23-24,29,31-35,51,60-61H,5-6,8,10,15-19,21-22,47H2,1-2H3,(H,52,66)(H,53,67)(H,54,69)(H,55,62)(H,56,68)(H,57,65)(H,58,70)(H,63,64)(H,72,73)(H4,48,49,50)/t23-,24-,29-,31-,32-,33-,34-,35-/m0/s1. The fourth-order valence-corrected chi connectivity index (χ4v) is 7.67. The van der Waals surface area contributed by atoms with Gasteiger partial charge in [0, 0.05) is 43.0 Å². The number of hydrogen-bond acceptors (Lipinski definition) is 14. The van der Waals surface area contributed by atoms with Crippen LogP contribution in [0.3, 0.4) is 0 Å². The number of fused-ring (bicyclic) bond motifs is 1. The van der Waals surface area contributed by atoms with E-state index in [2.05, 4.69) is 47.2 Å². The van der Waals surface area contributed by atoms with Crippen LogP contribution in [0, 0.1) is 0 Å². The van der Waals surface area contributed by atoms with Crippen LogP contribution in [-0.4, -0.2) is 170 Å². The summed E-state index contributed by atoms with van der Waals surface area (Å²) in [5.41, 5.74) is 18.4. The van der Waals surface area contributed by atoms with Gasteiger partial charge in [0.25, 0.3) is 0 Å². The van der Waals surface area contributed by atoms with Crippen molar-refractivity contribution in [1.29, 1.82) is 0 Å². The number of nitrogens with one attached hydrogen (secondary N) is 8.